The Morgan fingerprint density at radius 1 is 1.08 bits per heavy atom. The van der Waals surface area contributed by atoms with Crippen LogP contribution < -0.4 is 10.6 Å². The van der Waals surface area contributed by atoms with E-state index in [1.54, 1.807) is 0 Å². The standard InChI is InChI=1S/C18H17FN4OS/c1-2-15(12-6-4-3-5-7-12)16-22-23-18(25-16)21-17(24)20-14-10-8-13(19)9-11-14/h3-11,15H,2H2,1H3,(H2,20,21,23,24). The van der Waals surface area contributed by atoms with Gasteiger partial charge < -0.3 is 5.32 Å². The first-order chi connectivity index (χ1) is 12.2. The first-order valence-electron chi connectivity index (χ1n) is 7.87. The van der Waals surface area contributed by atoms with Crippen molar-refractivity contribution in [1.82, 2.24) is 10.2 Å². The van der Waals surface area contributed by atoms with Crippen molar-refractivity contribution < 1.29 is 9.18 Å². The van der Waals surface area contributed by atoms with E-state index in [4.69, 9.17) is 0 Å². The Bertz CT molecular complexity index is 836. The summed E-state index contributed by atoms with van der Waals surface area (Å²) in [5.74, 6) is -0.208. The Hall–Kier alpha value is -2.80. The van der Waals surface area contributed by atoms with E-state index in [-0.39, 0.29) is 11.7 Å². The van der Waals surface area contributed by atoms with Gasteiger partial charge in [-0.3, -0.25) is 5.32 Å². The SMILES string of the molecule is CCC(c1ccccc1)c1nnc(NC(=O)Nc2ccc(F)cc2)s1. The smallest absolute Gasteiger partial charge is 0.308 e. The van der Waals surface area contributed by atoms with E-state index in [9.17, 15) is 9.18 Å². The average Bonchev–Trinajstić information content (AvgIpc) is 3.06. The van der Waals surface area contributed by atoms with Crippen LogP contribution in [0.15, 0.2) is 54.6 Å². The second-order valence-corrected chi connectivity index (χ2v) is 6.41. The molecular weight excluding hydrogens is 339 g/mol. The van der Waals surface area contributed by atoms with Crippen LogP contribution in [-0.2, 0) is 0 Å². The van der Waals surface area contributed by atoms with Crippen LogP contribution in [0.1, 0.15) is 29.8 Å². The van der Waals surface area contributed by atoms with Crippen molar-refractivity contribution in [2.45, 2.75) is 19.3 Å². The minimum absolute atomic E-state index is 0.148. The van der Waals surface area contributed by atoms with E-state index < -0.39 is 6.03 Å². The predicted molar refractivity (Wildman–Crippen MR) is 97.5 cm³/mol. The number of halogens is 1. The highest BCUT2D eigenvalue weighted by molar-refractivity contribution is 7.15. The zero-order chi connectivity index (χ0) is 17.6. The molecule has 0 saturated heterocycles. The largest absolute Gasteiger partial charge is 0.325 e. The second kappa shape index (κ2) is 7.85. The monoisotopic (exact) mass is 356 g/mol. The van der Waals surface area contributed by atoms with Crippen molar-refractivity contribution in [1.29, 1.82) is 0 Å². The number of carbonyl (C=O) groups excluding carboxylic acids is 1. The lowest BCUT2D eigenvalue weighted by Crippen LogP contribution is -2.19. The summed E-state index contributed by atoms with van der Waals surface area (Å²) in [4.78, 5) is 12.0. The molecule has 25 heavy (non-hydrogen) atoms. The van der Waals surface area contributed by atoms with Crippen LogP contribution in [0.25, 0.3) is 0 Å². The number of carbonyl (C=O) groups is 1. The van der Waals surface area contributed by atoms with Crippen molar-refractivity contribution in [3.63, 3.8) is 0 Å². The van der Waals surface area contributed by atoms with Crippen LogP contribution in [0.5, 0.6) is 0 Å². The van der Waals surface area contributed by atoms with E-state index in [1.807, 2.05) is 18.2 Å². The third-order valence-electron chi connectivity index (χ3n) is 3.67. The highest BCUT2D eigenvalue weighted by Gasteiger charge is 2.18. The first kappa shape index (κ1) is 17.0. The van der Waals surface area contributed by atoms with E-state index >= 15 is 0 Å². The summed E-state index contributed by atoms with van der Waals surface area (Å²) in [5.41, 5.74) is 1.67. The molecule has 0 fully saturated rings. The number of benzene rings is 2. The molecule has 3 rings (SSSR count). The third-order valence-corrected chi connectivity index (χ3v) is 4.62. The van der Waals surface area contributed by atoms with Gasteiger partial charge >= 0.3 is 6.03 Å². The molecule has 0 aliphatic rings. The van der Waals surface area contributed by atoms with E-state index in [2.05, 4.69) is 39.9 Å². The van der Waals surface area contributed by atoms with Gasteiger partial charge in [-0.2, -0.15) is 0 Å². The maximum absolute atomic E-state index is 12.9. The summed E-state index contributed by atoms with van der Waals surface area (Å²) in [6.45, 7) is 2.09. The van der Waals surface area contributed by atoms with Gasteiger partial charge in [0.05, 0.1) is 0 Å². The van der Waals surface area contributed by atoms with Crippen LogP contribution in [0.3, 0.4) is 0 Å². The number of hydrogen-bond donors (Lipinski definition) is 2. The first-order valence-corrected chi connectivity index (χ1v) is 8.69. The Morgan fingerprint density at radius 2 is 1.80 bits per heavy atom. The van der Waals surface area contributed by atoms with Crippen LogP contribution >= 0.6 is 11.3 Å². The van der Waals surface area contributed by atoms with Crippen molar-refractivity contribution in [2.24, 2.45) is 0 Å². The normalized spacial score (nSPS) is 11.8. The Kier molecular flexibility index (Phi) is 5.35. The summed E-state index contributed by atoms with van der Waals surface area (Å²) >= 11 is 1.35. The average molecular weight is 356 g/mol. The quantitative estimate of drug-likeness (QED) is 0.686. The fraction of sp³-hybridized carbons (Fsp3) is 0.167. The molecular formula is C18H17FN4OS. The zero-order valence-electron chi connectivity index (χ0n) is 13.6. The molecule has 0 saturated carbocycles. The number of urea groups is 1. The van der Waals surface area contributed by atoms with Gasteiger partial charge in [0.2, 0.25) is 5.13 Å². The molecule has 3 aromatic rings. The van der Waals surface area contributed by atoms with Crippen molar-refractivity contribution >= 4 is 28.2 Å². The summed E-state index contributed by atoms with van der Waals surface area (Å²) in [7, 11) is 0. The Labute approximate surface area is 148 Å². The summed E-state index contributed by atoms with van der Waals surface area (Å²) in [6, 6.07) is 15.2. The van der Waals surface area contributed by atoms with Crippen LogP contribution in [0, 0.1) is 5.82 Å². The molecule has 5 nitrogen and oxygen atoms in total. The molecule has 2 aromatic carbocycles. The summed E-state index contributed by atoms with van der Waals surface area (Å²) in [6.07, 6.45) is 0.889. The number of anilines is 2. The number of nitrogens with one attached hydrogen (secondary N) is 2. The molecule has 1 atom stereocenters. The predicted octanol–water partition coefficient (Wildman–Crippen LogP) is 4.86. The van der Waals surface area contributed by atoms with Crippen molar-refractivity contribution in [2.75, 3.05) is 10.6 Å². The third kappa shape index (κ3) is 4.39. The Balaban J connectivity index is 1.66. The van der Waals surface area contributed by atoms with E-state index in [1.165, 1.54) is 41.2 Å². The molecule has 0 bridgehead atoms. The van der Waals surface area contributed by atoms with E-state index in [0.717, 1.165) is 11.4 Å². The minimum atomic E-state index is -0.443. The molecule has 1 aromatic heterocycles. The lowest BCUT2D eigenvalue weighted by molar-refractivity contribution is 0.262. The number of amides is 2. The van der Waals surface area contributed by atoms with Crippen molar-refractivity contribution in [3.05, 3.63) is 71.0 Å². The van der Waals surface area contributed by atoms with Gasteiger partial charge in [0.15, 0.2) is 0 Å². The molecule has 1 unspecified atom stereocenters. The minimum Gasteiger partial charge on any atom is -0.308 e. The van der Waals surface area contributed by atoms with Gasteiger partial charge in [0.1, 0.15) is 10.8 Å². The van der Waals surface area contributed by atoms with Gasteiger partial charge in [-0.05, 0) is 36.2 Å². The number of hydrogen-bond acceptors (Lipinski definition) is 4. The van der Waals surface area contributed by atoms with Gasteiger partial charge in [-0.1, -0.05) is 48.6 Å². The molecule has 2 amide bonds. The summed E-state index contributed by atoms with van der Waals surface area (Å²) in [5, 5.41) is 14.8. The molecule has 0 spiro atoms. The van der Waals surface area contributed by atoms with Gasteiger partial charge in [-0.15, -0.1) is 10.2 Å². The topological polar surface area (TPSA) is 66.9 Å². The number of rotatable bonds is 5. The number of aromatic nitrogens is 2. The van der Waals surface area contributed by atoms with Gasteiger partial charge in [0.25, 0.3) is 0 Å². The molecule has 2 N–H and O–H groups in total. The maximum atomic E-state index is 12.9. The molecule has 0 aliphatic heterocycles. The Morgan fingerprint density at radius 3 is 2.48 bits per heavy atom. The molecule has 1 heterocycles. The lowest BCUT2D eigenvalue weighted by atomic mass is 9.97. The van der Waals surface area contributed by atoms with Crippen LogP contribution in [0.4, 0.5) is 20.0 Å². The van der Waals surface area contributed by atoms with Gasteiger partial charge in [-0.25, -0.2) is 9.18 Å². The maximum Gasteiger partial charge on any atom is 0.325 e. The van der Waals surface area contributed by atoms with E-state index in [0.29, 0.717) is 10.8 Å². The molecule has 0 radical (unpaired) electrons. The molecule has 7 heteroatoms. The van der Waals surface area contributed by atoms with Crippen molar-refractivity contribution in [3.8, 4) is 0 Å². The summed E-state index contributed by atoms with van der Waals surface area (Å²) < 4.78 is 12.9. The zero-order valence-corrected chi connectivity index (χ0v) is 14.4. The van der Waals surface area contributed by atoms with Gasteiger partial charge in [0, 0.05) is 11.6 Å². The molecule has 0 aliphatic carbocycles. The number of nitrogens with zero attached hydrogens (tertiary/aromatic N) is 2. The fourth-order valence-corrected chi connectivity index (χ4v) is 3.41. The van der Waals surface area contributed by atoms with Crippen LogP contribution in [-0.4, -0.2) is 16.2 Å². The fourth-order valence-electron chi connectivity index (χ4n) is 2.46. The highest BCUT2D eigenvalue weighted by atomic mass is 32.1. The second-order valence-electron chi connectivity index (χ2n) is 5.40. The van der Waals surface area contributed by atoms with Crippen LogP contribution in [0.2, 0.25) is 0 Å². The lowest BCUT2D eigenvalue weighted by Gasteiger charge is -2.11. The highest BCUT2D eigenvalue weighted by Crippen LogP contribution is 2.31. The molecule has 128 valence electrons.